The van der Waals surface area contributed by atoms with E-state index in [1.807, 2.05) is 42.5 Å². The number of hydrogen-bond acceptors (Lipinski definition) is 2. The topological polar surface area (TPSA) is 57.6 Å². The highest BCUT2D eigenvalue weighted by Gasteiger charge is 2.27. The van der Waals surface area contributed by atoms with Gasteiger partial charge in [0.25, 0.3) is 5.91 Å². The fraction of sp³-hybridized carbons (Fsp3) is 0.333. The van der Waals surface area contributed by atoms with E-state index in [1.54, 1.807) is 4.90 Å². The van der Waals surface area contributed by atoms with E-state index < -0.39 is 5.97 Å². The molecular formula is C18H19NO3. The monoisotopic (exact) mass is 297 g/mol. The van der Waals surface area contributed by atoms with Crippen molar-refractivity contribution in [1.29, 1.82) is 0 Å². The summed E-state index contributed by atoms with van der Waals surface area (Å²) >= 11 is 0. The number of carbonyl (C=O) groups is 2. The molecule has 4 nitrogen and oxygen atoms in total. The van der Waals surface area contributed by atoms with E-state index >= 15 is 0 Å². The van der Waals surface area contributed by atoms with Crippen molar-refractivity contribution in [3.8, 4) is 0 Å². The summed E-state index contributed by atoms with van der Waals surface area (Å²) in [5, 5.41) is 11.0. The highest BCUT2D eigenvalue weighted by molar-refractivity contribution is 5.98. The predicted molar refractivity (Wildman–Crippen MR) is 84.8 cm³/mol. The van der Waals surface area contributed by atoms with Crippen LogP contribution in [0.2, 0.25) is 0 Å². The molecule has 1 saturated carbocycles. The van der Waals surface area contributed by atoms with Crippen LogP contribution in [0, 0.1) is 5.92 Å². The Morgan fingerprint density at radius 3 is 2.50 bits per heavy atom. The van der Waals surface area contributed by atoms with Crippen molar-refractivity contribution in [1.82, 2.24) is 4.90 Å². The Kier molecular flexibility index (Phi) is 4.09. The van der Waals surface area contributed by atoms with E-state index in [0.717, 1.165) is 23.6 Å². The Hall–Kier alpha value is -2.36. The predicted octanol–water partition coefficient (Wildman–Crippen LogP) is 3.17. The first kappa shape index (κ1) is 14.6. The molecule has 0 bridgehead atoms. The number of nitrogens with zero attached hydrogens (tertiary/aromatic N) is 1. The summed E-state index contributed by atoms with van der Waals surface area (Å²) in [4.78, 5) is 25.2. The Morgan fingerprint density at radius 1 is 1.09 bits per heavy atom. The number of carbonyl (C=O) groups excluding carboxylic acids is 1. The average molecular weight is 297 g/mol. The lowest BCUT2D eigenvalue weighted by Crippen LogP contribution is -2.34. The fourth-order valence-corrected chi connectivity index (χ4v) is 2.62. The molecule has 1 aliphatic rings. The Morgan fingerprint density at radius 2 is 1.82 bits per heavy atom. The molecule has 0 spiro atoms. The summed E-state index contributed by atoms with van der Waals surface area (Å²) in [5.74, 6) is -0.399. The van der Waals surface area contributed by atoms with Crippen molar-refractivity contribution in [3.63, 3.8) is 0 Å². The smallest absolute Gasteiger partial charge is 0.305 e. The summed E-state index contributed by atoms with van der Waals surface area (Å²) in [5.41, 5.74) is 0.629. The number of hydrogen-bond donors (Lipinski definition) is 1. The van der Waals surface area contributed by atoms with Crippen LogP contribution in [-0.2, 0) is 4.79 Å². The van der Waals surface area contributed by atoms with Crippen LogP contribution in [0.5, 0.6) is 0 Å². The first-order valence-electron chi connectivity index (χ1n) is 7.63. The van der Waals surface area contributed by atoms with Gasteiger partial charge in [0.15, 0.2) is 0 Å². The number of rotatable bonds is 6. The number of carboxylic acid groups (broad SMARTS) is 1. The summed E-state index contributed by atoms with van der Waals surface area (Å²) in [6.07, 6.45) is 2.26. The zero-order chi connectivity index (χ0) is 15.5. The van der Waals surface area contributed by atoms with Gasteiger partial charge in [-0.05, 0) is 41.7 Å². The maximum atomic E-state index is 12.7. The fourth-order valence-electron chi connectivity index (χ4n) is 2.62. The molecule has 1 aliphatic carbocycles. The molecule has 4 heteroatoms. The van der Waals surface area contributed by atoms with Gasteiger partial charge in [-0.2, -0.15) is 0 Å². The highest BCUT2D eigenvalue weighted by atomic mass is 16.4. The summed E-state index contributed by atoms with van der Waals surface area (Å²) in [6.45, 7) is 0.941. The normalized spacial score (nSPS) is 14.0. The van der Waals surface area contributed by atoms with Gasteiger partial charge in [0.2, 0.25) is 0 Å². The maximum Gasteiger partial charge on any atom is 0.305 e. The molecule has 22 heavy (non-hydrogen) atoms. The number of fused-ring (bicyclic) bond motifs is 1. The SMILES string of the molecule is O=C(O)CCN(CC1CC1)C(=O)c1ccc2ccccc2c1. The lowest BCUT2D eigenvalue weighted by atomic mass is 10.1. The van der Waals surface area contributed by atoms with E-state index in [9.17, 15) is 9.59 Å². The number of aliphatic carboxylic acids is 1. The van der Waals surface area contributed by atoms with Gasteiger partial charge in [0, 0.05) is 18.7 Å². The molecule has 3 rings (SSSR count). The molecule has 2 aromatic carbocycles. The molecule has 0 radical (unpaired) electrons. The van der Waals surface area contributed by atoms with Crippen LogP contribution in [0.25, 0.3) is 10.8 Å². The van der Waals surface area contributed by atoms with Gasteiger partial charge in [0.05, 0.1) is 6.42 Å². The van der Waals surface area contributed by atoms with Crippen molar-refractivity contribution in [3.05, 3.63) is 48.0 Å². The van der Waals surface area contributed by atoms with Crippen molar-refractivity contribution < 1.29 is 14.7 Å². The molecule has 114 valence electrons. The van der Waals surface area contributed by atoms with Gasteiger partial charge in [0.1, 0.15) is 0 Å². The number of carboxylic acids is 1. The van der Waals surface area contributed by atoms with Crippen molar-refractivity contribution in [2.75, 3.05) is 13.1 Å². The lowest BCUT2D eigenvalue weighted by Gasteiger charge is -2.22. The zero-order valence-corrected chi connectivity index (χ0v) is 12.4. The second kappa shape index (κ2) is 6.18. The van der Waals surface area contributed by atoms with Crippen molar-refractivity contribution in [2.45, 2.75) is 19.3 Å². The van der Waals surface area contributed by atoms with E-state index in [4.69, 9.17) is 5.11 Å². The molecule has 0 unspecified atom stereocenters. The van der Waals surface area contributed by atoms with Gasteiger partial charge in [-0.25, -0.2) is 0 Å². The van der Waals surface area contributed by atoms with Crippen LogP contribution in [-0.4, -0.2) is 35.0 Å². The van der Waals surface area contributed by atoms with Crippen molar-refractivity contribution >= 4 is 22.6 Å². The molecule has 2 aromatic rings. The largest absolute Gasteiger partial charge is 0.481 e. The first-order valence-corrected chi connectivity index (χ1v) is 7.63. The third kappa shape index (κ3) is 3.45. The molecule has 0 saturated heterocycles. The van der Waals surface area contributed by atoms with Crippen LogP contribution in [0.15, 0.2) is 42.5 Å². The Labute approximate surface area is 129 Å². The molecular weight excluding hydrogens is 278 g/mol. The van der Waals surface area contributed by atoms with E-state index in [0.29, 0.717) is 18.0 Å². The summed E-state index contributed by atoms with van der Waals surface area (Å²) in [6, 6.07) is 13.6. The van der Waals surface area contributed by atoms with Crippen molar-refractivity contribution in [2.24, 2.45) is 5.92 Å². The number of amides is 1. The Balaban J connectivity index is 1.81. The minimum Gasteiger partial charge on any atom is -0.481 e. The minimum absolute atomic E-state index is 0.00790. The van der Waals surface area contributed by atoms with Gasteiger partial charge in [-0.1, -0.05) is 30.3 Å². The van der Waals surface area contributed by atoms with Crippen LogP contribution in [0.3, 0.4) is 0 Å². The highest BCUT2D eigenvalue weighted by Crippen LogP contribution is 2.30. The minimum atomic E-state index is -0.868. The third-order valence-electron chi connectivity index (χ3n) is 4.05. The van der Waals surface area contributed by atoms with Gasteiger partial charge >= 0.3 is 5.97 Å². The number of benzene rings is 2. The van der Waals surface area contributed by atoms with Gasteiger partial charge < -0.3 is 10.0 Å². The third-order valence-corrected chi connectivity index (χ3v) is 4.05. The molecule has 0 atom stereocenters. The first-order chi connectivity index (χ1) is 10.6. The zero-order valence-electron chi connectivity index (χ0n) is 12.4. The van der Waals surface area contributed by atoms with E-state index in [-0.39, 0.29) is 18.9 Å². The molecule has 1 N–H and O–H groups in total. The molecule has 0 heterocycles. The van der Waals surface area contributed by atoms with Crippen LogP contribution >= 0.6 is 0 Å². The van der Waals surface area contributed by atoms with Crippen LogP contribution in [0.1, 0.15) is 29.6 Å². The van der Waals surface area contributed by atoms with E-state index in [2.05, 4.69) is 0 Å². The summed E-state index contributed by atoms with van der Waals surface area (Å²) in [7, 11) is 0. The maximum absolute atomic E-state index is 12.7. The van der Waals surface area contributed by atoms with Crippen LogP contribution in [0.4, 0.5) is 0 Å². The van der Waals surface area contributed by atoms with E-state index in [1.165, 1.54) is 0 Å². The second-order valence-electron chi connectivity index (χ2n) is 5.90. The quantitative estimate of drug-likeness (QED) is 0.891. The molecule has 1 fully saturated rings. The summed E-state index contributed by atoms with van der Waals surface area (Å²) < 4.78 is 0. The van der Waals surface area contributed by atoms with Gasteiger partial charge in [-0.15, -0.1) is 0 Å². The standard InChI is InChI=1S/C18H19NO3/c20-17(21)9-10-19(12-13-5-6-13)18(22)16-8-7-14-3-1-2-4-15(14)11-16/h1-4,7-8,11,13H,5-6,9-10,12H2,(H,20,21). The lowest BCUT2D eigenvalue weighted by molar-refractivity contribution is -0.137. The molecule has 0 aromatic heterocycles. The second-order valence-corrected chi connectivity index (χ2v) is 5.90. The average Bonchev–Trinajstić information content (AvgIpc) is 3.34. The molecule has 0 aliphatic heterocycles. The molecule has 1 amide bonds. The van der Waals surface area contributed by atoms with Gasteiger partial charge in [-0.3, -0.25) is 9.59 Å². The Bertz CT molecular complexity index is 706. The van der Waals surface area contributed by atoms with Crippen LogP contribution < -0.4 is 0 Å².